The Morgan fingerprint density at radius 1 is 1.06 bits per heavy atom. The normalized spacial score (nSPS) is 21.5. The number of nitrogens with one attached hydrogen (secondary N) is 1. The van der Waals surface area contributed by atoms with Crippen molar-refractivity contribution in [1.82, 2.24) is 20.5 Å². The number of halogens is 1. The van der Waals surface area contributed by atoms with Crippen LogP contribution in [-0.2, 0) is 0 Å². The van der Waals surface area contributed by atoms with Gasteiger partial charge in [-0.2, -0.15) is 0 Å². The van der Waals surface area contributed by atoms with Crippen LogP contribution < -0.4 is 10.1 Å². The van der Waals surface area contributed by atoms with E-state index in [4.69, 9.17) is 4.74 Å². The smallest absolute Gasteiger partial charge is 0.233 e. The summed E-state index contributed by atoms with van der Waals surface area (Å²) < 4.78 is 20.3. The van der Waals surface area contributed by atoms with E-state index in [-0.39, 0.29) is 17.7 Å². The van der Waals surface area contributed by atoms with Crippen molar-refractivity contribution in [3.63, 3.8) is 0 Å². The van der Waals surface area contributed by atoms with Crippen LogP contribution in [0.1, 0.15) is 31.4 Å². The maximum absolute atomic E-state index is 14.5. The van der Waals surface area contributed by atoms with E-state index in [1.54, 1.807) is 24.4 Å². The maximum Gasteiger partial charge on any atom is 0.233 e. The Hall–Kier alpha value is -3.06. The average molecular weight is 423 g/mol. The number of aromatic hydroxyl groups is 1. The molecule has 1 aliphatic rings. The van der Waals surface area contributed by atoms with Gasteiger partial charge in [0.15, 0.2) is 0 Å². The topological polar surface area (TPSA) is 80.2 Å². The number of nitrogens with zero attached hydrogens (tertiary/aromatic N) is 3. The van der Waals surface area contributed by atoms with Gasteiger partial charge in [-0.3, -0.25) is 4.98 Å². The Balaban J connectivity index is 1.50. The number of aromatic nitrogens is 3. The molecule has 1 fully saturated rings. The summed E-state index contributed by atoms with van der Waals surface area (Å²) in [5, 5.41) is 22.1. The summed E-state index contributed by atoms with van der Waals surface area (Å²) in [6.07, 6.45) is 3.05. The Morgan fingerprint density at radius 2 is 1.90 bits per heavy atom. The fraction of sp³-hybridized carbons (Fsp3) is 0.375. The van der Waals surface area contributed by atoms with Gasteiger partial charge in [-0.15, -0.1) is 10.2 Å². The highest BCUT2D eigenvalue weighted by molar-refractivity contribution is 5.74. The molecule has 0 amide bonds. The summed E-state index contributed by atoms with van der Waals surface area (Å²) in [7, 11) is 1.89. The molecule has 3 aromatic rings. The molecule has 1 saturated carbocycles. The van der Waals surface area contributed by atoms with Crippen molar-refractivity contribution in [2.24, 2.45) is 0 Å². The third-order valence-electron chi connectivity index (χ3n) is 5.78. The molecule has 2 heterocycles. The van der Waals surface area contributed by atoms with E-state index in [9.17, 15) is 9.50 Å². The van der Waals surface area contributed by atoms with Gasteiger partial charge in [-0.05, 0) is 74.7 Å². The van der Waals surface area contributed by atoms with E-state index in [0.717, 1.165) is 29.7 Å². The molecule has 2 unspecified atom stereocenters. The highest BCUT2D eigenvalue weighted by Crippen LogP contribution is 2.33. The van der Waals surface area contributed by atoms with Crippen molar-refractivity contribution in [2.75, 3.05) is 7.05 Å². The number of pyridine rings is 1. The lowest BCUT2D eigenvalue weighted by atomic mass is 10.0. The first-order chi connectivity index (χ1) is 15.0. The standard InChI is InChI=1S/C24H27FN4O2/c1-15-12-17(10-11-27-15)16-6-7-19(22(30)13-16)21-8-9-24(29-28-21)31-23-14-18(26-2)4-3-5-20(23)25/h6-13,18,20,23,26,30H,3-5,14H2,1-2H3/t18?,20?,23-/m1/s1. The Kier molecular flexibility index (Phi) is 6.42. The van der Waals surface area contributed by atoms with Crippen LogP contribution in [0.3, 0.4) is 0 Å². The van der Waals surface area contributed by atoms with Crippen molar-refractivity contribution in [2.45, 2.75) is 50.9 Å². The zero-order valence-corrected chi connectivity index (χ0v) is 17.8. The predicted octanol–water partition coefficient (Wildman–Crippen LogP) is 4.47. The third-order valence-corrected chi connectivity index (χ3v) is 5.78. The molecule has 0 bridgehead atoms. The largest absolute Gasteiger partial charge is 0.507 e. The number of ether oxygens (including phenoxy) is 1. The molecule has 4 rings (SSSR count). The molecule has 31 heavy (non-hydrogen) atoms. The van der Waals surface area contributed by atoms with Crippen LogP contribution >= 0.6 is 0 Å². The minimum Gasteiger partial charge on any atom is -0.507 e. The van der Waals surface area contributed by atoms with Gasteiger partial charge in [0.2, 0.25) is 5.88 Å². The van der Waals surface area contributed by atoms with Crippen molar-refractivity contribution in [3.05, 3.63) is 54.4 Å². The molecule has 0 radical (unpaired) electrons. The Bertz CT molecular complexity index is 1030. The lowest BCUT2D eigenvalue weighted by Gasteiger charge is -2.22. The molecule has 7 heteroatoms. The second-order valence-electron chi connectivity index (χ2n) is 8.00. The highest BCUT2D eigenvalue weighted by atomic mass is 19.1. The van der Waals surface area contributed by atoms with Crippen LogP contribution in [0.5, 0.6) is 11.6 Å². The molecule has 1 aromatic carbocycles. The van der Waals surface area contributed by atoms with Crippen molar-refractivity contribution >= 4 is 0 Å². The van der Waals surface area contributed by atoms with Crippen LogP contribution in [-0.4, -0.2) is 45.7 Å². The van der Waals surface area contributed by atoms with Gasteiger partial charge in [0.05, 0.1) is 5.69 Å². The zero-order chi connectivity index (χ0) is 21.8. The van der Waals surface area contributed by atoms with Crippen LogP contribution in [0.15, 0.2) is 48.7 Å². The molecule has 0 spiro atoms. The molecule has 0 saturated heterocycles. The second-order valence-corrected chi connectivity index (χ2v) is 8.00. The van der Waals surface area contributed by atoms with Gasteiger partial charge in [-0.1, -0.05) is 6.07 Å². The molecular weight excluding hydrogens is 395 g/mol. The van der Waals surface area contributed by atoms with Crippen LogP contribution in [0.25, 0.3) is 22.4 Å². The lowest BCUT2D eigenvalue weighted by molar-refractivity contribution is 0.0837. The second kappa shape index (κ2) is 9.39. The third kappa shape index (κ3) is 4.99. The Morgan fingerprint density at radius 3 is 2.61 bits per heavy atom. The number of rotatable bonds is 5. The van der Waals surface area contributed by atoms with Crippen LogP contribution in [0, 0.1) is 6.92 Å². The lowest BCUT2D eigenvalue weighted by Crippen LogP contribution is -2.35. The van der Waals surface area contributed by atoms with Gasteiger partial charge in [0.25, 0.3) is 0 Å². The summed E-state index contributed by atoms with van der Waals surface area (Å²) in [4.78, 5) is 4.20. The monoisotopic (exact) mass is 422 g/mol. The first-order valence-electron chi connectivity index (χ1n) is 10.6. The molecule has 162 valence electrons. The van der Waals surface area contributed by atoms with E-state index in [0.29, 0.717) is 24.1 Å². The van der Waals surface area contributed by atoms with E-state index in [2.05, 4.69) is 20.5 Å². The maximum atomic E-state index is 14.5. The highest BCUT2D eigenvalue weighted by Gasteiger charge is 2.29. The molecule has 0 aliphatic heterocycles. The summed E-state index contributed by atoms with van der Waals surface area (Å²) >= 11 is 0. The number of phenols is 1. The van der Waals surface area contributed by atoms with Gasteiger partial charge in [-0.25, -0.2) is 4.39 Å². The van der Waals surface area contributed by atoms with E-state index >= 15 is 0 Å². The van der Waals surface area contributed by atoms with Gasteiger partial charge in [0, 0.05) is 36.0 Å². The number of hydrogen-bond acceptors (Lipinski definition) is 6. The number of benzene rings is 1. The molecule has 2 aromatic heterocycles. The van der Waals surface area contributed by atoms with Crippen LogP contribution in [0.4, 0.5) is 4.39 Å². The number of phenolic OH excluding ortho intramolecular Hbond substituents is 1. The SMILES string of the molecule is CNC1CCCC(F)[C@H](Oc2ccc(-c3ccc(-c4ccnc(C)c4)cc3O)nn2)C1. The minimum atomic E-state index is -1.02. The predicted molar refractivity (Wildman–Crippen MR) is 118 cm³/mol. The Labute approximate surface area is 181 Å². The van der Waals surface area contributed by atoms with Gasteiger partial charge < -0.3 is 15.2 Å². The minimum absolute atomic E-state index is 0.111. The van der Waals surface area contributed by atoms with E-state index in [1.165, 1.54) is 0 Å². The van der Waals surface area contributed by atoms with Crippen molar-refractivity contribution in [1.29, 1.82) is 0 Å². The molecule has 3 atom stereocenters. The van der Waals surface area contributed by atoms with Gasteiger partial charge in [0.1, 0.15) is 18.0 Å². The molecule has 6 nitrogen and oxygen atoms in total. The fourth-order valence-electron chi connectivity index (χ4n) is 4.01. The van der Waals surface area contributed by atoms with E-state index < -0.39 is 12.3 Å². The first-order valence-corrected chi connectivity index (χ1v) is 10.6. The molecule has 2 N–H and O–H groups in total. The van der Waals surface area contributed by atoms with E-state index in [1.807, 2.05) is 38.2 Å². The first kappa shape index (κ1) is 21.2. The average Bonchev–Trinajstić information content (AvgIpc) is 2.95. The number of alkyl halides is 1. The van der Waals surface area contributed by atoms with Gasteiger partial charge >= 0.3 is 0 Å². The summed E-state index contributed by atoms with van der Waals surface area (Å²) in [5.41, 5.74) is 3.87. The summed E-state index contributed by atoms with van der Waals surface area (Å²) in [6.45, 7) is 1.93. The van der Waals surface area contributed by atoms with Crippen molar-refractivity contribution in [3.8, 4) is 34.0 Å². The van der Waals surface area contributed by atoms with Crippen molar-refractivity contribution < 1.29 is 14.2 Å². The fourth-order valence-corrected chi connectivity index (χ4v) is 4.01. The molecular formula is C24H27FN4O2. The zero-order valence-electron chi connectivity index (χ0n) is 17.8. The summed E-state index contributed by atoms with van der Waals surface area (Å²) in [6, 6.07) is 12.9. The molecule has 1 aliphatic carbocycles. The summed E-state index contributed by atoms with van der Waals surface area (Å²) in [5.74, 6) is 0.399. The van der Waals surface area contributed by atoms with Crippen LogP contribution in [0.2, 0.25) is 0 Å². The number of hydrogen-bond donors (Lipinski definition) is 2. The number of aryl methyl sites for hydroxylation is 1. The quantitative estimate of drug-likeness (QED) is 0.591.